The van der Waals surface area contributed by atoms with Gasteiger partial charge in [-0.15, -0.1) is 11.3 Å². The molecule has 0 saturated carbocycles. The van der Waals surface area contributed by atoms with Gasteiger partial charge in [-0.25, -0.2) is 4.98 Å². The molecule has 4 nitrogen and oxygen atoms in total. The highest BCUT2D eigenvalue weighted by Crippen LogP contribution is 2.17. The fourth-order valence-electron chi connectivity index (χ4n) is 1.82. The van der Waals surface area contributed by atoms with Gasteiger partial charge in [-0.3, -0.25) is 4.68 Å². The summed E-state index contributed by atoms with van der Waals surface area (Å²) >= 11 is 1.72. The number of hydrogen-bond acceptors (Lipinski definition) is 4. The molecule has 2 aromatic heterocycles. The van der Waals surface area contributed by atoms with E-state index in [1.54, 1.807) is 11.3 Å². The number of hydrogen-bond donors (Lipinski definition) is 1. The fourth-order valence-corrected chi connectivity index (χ4v) is 2.51. The van der Waals surface area contributed by atoms with Gasteiger partial charge >= 0.3 is 0 Å². The van der Waals surface area contributed by atoms with Crippen molar-refractivity contribution in [3.63, 3.8) is 0 Å². The molecule has 0 radical (unpaired) electrons. The van der Waals surface area contributed by atoms with Gasteiger partial charge in [0.05, 0.1) is 16.7 Å². The topological polar surface area (TPSA) is 42.7 Å². The minimum Gasteiger partial charge on any atom is -0.312 e. The first-order chi connectivity index (χ1) is 8.97. The smallest absolute Gasteiger partial charge is 0.0965 e. The van der Waals surface area contributed by atoms with Crippen LogP contribution in [0.4, 0.5) is 0 Å². The van der Waals surface area contributed by atoms with Gasteiger partial charge in [0.15, 0.2) is 0 Å². The van der Waals surface area contributed by atoms with Crippen LogP contribution in [0.2, 0.25) is 0 Å². The van der Waals surface area contributed by atoms with E-state index in [4.69, 9.17) is 0 Å². The highest BCUT2D eigenvalue weighted by atomic mass is 32.1. The van der Waals surface area contributed by atoms with E-state index in [2.05, 4.69) is 49.3 Å². The summed E-state index contributed by atoms with van der Waals surface area (Å²) < 4.78 is 2.01. The molecule has 1 atom stereocenters. The van der Waals surface area contributed by atoms with E-state index in [0.29, 0.717) is 5.92 Å². The van der Waals surface area contributed by atoms with Crippen molar-refractivity contribution < 1.29 is 0 Å². The molecule has 104 valence electrons. The Bertz CT molecular complexity index is 496. The van der Waals surface area contributed by atoms with Gasteiger partial charge in [0, 0.05) is 42.3 Å². The second kappa shape index (κ2) is 5.84. The monoisotopic (exact) mass is 278 g/mol. The van der Waals surface area contributed by atoms with Crippen LogP contribution >= 0.6 is 11.3 Å². The molecule has 2 aromatic rings. The van der Waals surface area contributed by atoms with Crippen LogP contribution in [0.1, 0.15) is 44.2 Å². The molecule has 0 aliphatic heterocycles. The molecule has 1 N–H and O–H groups in total. The molecule has 0 bridgehead atoms. The highest BCUT2D eigenvalue weighted by molar-refractivity contribution is 7.09. The Morgan fingerprint density at radius 1 is 1.42 bits per heavy atom. The zero-order chi connectivity index (χ0) is 13.9. The van der Waals surface area contributed by atoms with E-state index >= 15 is 0 Å². The number of thiazole rings is 1. The molecule has 2 heterocycles. The van der Waals surface area contributed by atoms with Crippen molar-refractivity contribution in [3.8, 4) is 0 Å². The molecule has 1 unspecified atom stereocenters. The Hall–Kier alpha value is -1.20. The van der Waals surface area contributed by atoms with E-state index < -0.39 is 0 Å². The summed E-state index contributed by atoms with van der Waals surface area (Å²) in [6, 6.07) is 0. The first kappa shape index (κ1) is 14.2. The van der Waals surface area contributed by atoms with E-state index in [1.807, 2.05) is 22.5 Å². The molecule has 0 aromatic carbocycles. The maximum atomic E-state index is 4.40. The summed E-state index contributed by atoms with van der Waals surface area (Å²) in [4.78, 5) is 4.34. The Morgan fingerprint density at radius 3 is 2.79 bits per heavy atom. The van der Waals surface area contributed by atoms with Crippen molar-refractivity contribution in [3.05, 3.63) is 34.5 Å². The zero-order valence-electron chi connectivity index (χ0n) is 12.1. The molecular weight excluding hydrogens is 256 g/mol. The molecule has 0 spiro atoms. The van der Waals surface area contributed by atoms with Gasteiger partial charge in [-0.2, -0.15) is 5.10 Å². The Kier molecular flexibility index (Phi) is 4.37. The largest absolute Gasteiger partial charge is 0.312 e. The van der Waals surface area contributed by atoms with Crippen LogP contribution in [-0.4, -0.2) is 21.3 Å². The molecule has 19 heavy (non-hydrogen) atoms. The molecule has 0 fully saturated rings. The van der Waals surface area contributed by atoms with Crippen LogP contribution in [0.5, 0.6) is 0 Å². The van der Waals surface area contributed by atoms with E-state index in [0.717, 1.165) is 13.1 Å². The Morgan fingerprint density at radius 2 is 2.21 bits per heavy atom. The van der Waals surface area contributed by atoms with Gasteiger partial charge in [-0.05, 0) is 20.8 Å². The third kappa shape index (κ3) is 3.88. The molecule has 2 rings (SSSR count). The van der Waals surface area contributed by atoms with Gasteiger partial charge < -0.3 is 5.32 Å². The molecule has 5 heteroatoms. The summed E-state index contributed by atoms with van der Waals surface area (Å²) in [6.07, 6.45) is 5.91. The van der Waals surface area contributed by atoms with Crippen molar-refractivity contribution in [1.29, 1.82) is 0 Å². The third-order valence-corrected chi connectivity index (χ3v) is 3.98. The second-order valence-electron chi connectivity index (χ2n) is 5.87. The Labute approximate surface area is 118 Å². The van der Waals surface area contributed by atoms with Crippen LogP contribution in [-0.2, 0) is 12.1 Å². The predicted octanol–water partition coefficient (Wildman–Crippen LogP) is 2.99. The summed E-state index contributed by atoms with van der Waals surface area (Å²) in [5.41, 5.74) is 1.27. The fraction of sp³-hybridized carbons (Fsp3) is 0.571. The van der Waals surface area contributed by atoms with Gasteiger partial charge in [0.1, 0.15) is 0 Å². The summed E-state index contributed by atoms with van der Waals surface area (Å²) in [5.74, 6) is 0.456. The normalized spacial score (nSPS) is 13.7. The quantitative estimate of drug-likeness (QED) is 0.914. The second-order valence-corrected chi connectivity index (χ2v) is 6.79. The molecule has 0 amide bonds. The maximum Gasteiger partial charge on any atom is 0.0965 e. The van der Waals surface area contributed by atoms with Gasteiger partial charge in [0.25, 0.3) is 0 Å². The molecular formula is C14H22N4S. The van der Waals surface area contributed by atoms with Crippen LogP contribution in [0, 0.1) is 0 Å². The summed E-state index contributed by atoms with van der Waals surface area (Å²) in [6.45, 7) is 10.5. The minimum atomic E-state index is 0.0480. The lowest BCUT2D eigenvalue weighted by Crippen LogP contribution is -2.22. The van der Waals surface area contributed by atoms with Crippen molar-refractivity contribution in [2.45, 2.75) is 45.7 Å². The number of nitrogens with zero attached hydrogens (tertiary/aromatic N) is 3. The average Bonchev–Trinajstić information content (AvgIpc) is 2.99. The molecule has 0 saturated heterocycles. The van der Waals surface area contributed by atoms with Crippen molar-refractivity contribution in [1.82, 2.24) is 20.1 Å². The first-order valence-electron chi connectivity index (χ1n) is 6.61. The van der Waals surface area contributed by atoms with E-state index in [1.165, 1.54) is 10.6 Å². The zero-order valence-corrected chi connectivity index (χ0v) is 12.9. The lowest BCUT2D eigenvalue weighted by atomic mass is 10.1. The third-order valence-electron chi connectivity index (χ3n) is 2.98. The minimum absolute atomic E-state index is 0.0480. The van der Waals surface area contributed by atoms with Crippen molar-refractivity contribution in [2.24, 2.45) is 0 Å². The standard InChI is InChI=1S/C14H22N4S/c1-11(13-16-5-6-19-13)7-15-8-12-9-17-18(10-12)14(2,3)4/h5-6,9-11,15H,7-8H2,1-4H3. The van der Waals surface area contributed by atoms with Crippen molar-refractivity contribution >= 4 is 11.3 Å². The van der Waals surface area contributed by atoms with Crippen molar-refractivity contribution in [2.75, 3.05) is 6.54 Å². The lowest BCUT2D eigenvalue weighted by molar-refractivity contribution is 0.355. The van der Waals surface area contributed by atoms with E-state index in [-0.39, 0.29) is 5.54 Å². The number of rotatable bonds is 5. The lowest BCUT2D eigenvalue weighted by Gasteiger charge is -2.18. The SMILES string of the molecule is CC(CNCc1cnn(C(C)(C)C)c1)c1nccs1. The van der Waals surface area contributed by atoms with Gasteiger partial charge in [-0.1, -0.05) is 6.92 Å². The average molecular weight is 278 g/mol. The van der Waals surface area contributed by atoms with E-state index in [9.17, 15) is 0 Å². The first-order valence-corrected chi connectivity index (χ1v) is 7.49. The summed E-state index contributed by atoms with van der Waals surface area (Å²) in [7, 11) is 0. The highest BCUT2D eigenvalue weighted by Gasteiger charge is 2.14. The number of aromatic nitrogens is 3. The number of nitrogens with one attached hydrogen (secondary N) is 1. The van der Waals surface area contributed by atoms with Crippen LogP contribution in [0.25, 0.3) is 0 Å². The van der Waals surface area contributed by atoms with Crippen LogP contribution in [0.3, 0.4) is 0 Å². The molecule has 0 aliphatic carbocycles. The van der Waals surface area contributed by atoms with Crippen LogP contribution in [0.15, 0.2) is 24.0 Å². The molecule has 0 aliphatic rings. The summed E-state index contributed by atoms with van der Waals surface area (Å²) in [5, 5.41) is 11.1. The predicted molar refractivity (Wildman–Crippen MR) is 79.5 cm³/mol. The van der Waals surface area contributed by atoms with Crippen LogP contribution < -0.4 is 5.32 Å². The van der Waals surface area contributed by atoms with Gasteiger partial charge in [0.2, 0.25) is 0 Å². The Balaban J connectivity index is 1.81. The maximum absolute atomic E-state index is 4.40.